The minimum absolute atomic E-state index is 0.540. The van der Waals surface area contributed by atoms with Crippen LogP contribution in [-0.4, -0.2) is 43.9 Å². The zero-order valence-electron chi connectivity index (χ0n) is 12.9. The van der Waals surface area contributed by atoms with Crippen molar-refractivity contribution in [3.63, 3.8) is 0 Å². The molecule has 0 amide bonds. The van der Waals surface area contributed by atoms with E-state index in [-0.39, 0.29) is 0 Å². The van der Waals surface area contributed by atoms with E-state index < -0.39 is 6.10 Å². The Bertz CT molecular complexity index is 449. The molecule has 0 fully saturated rings. The minimum Gasteiger partial charge on any atom is -0.493 e. The number of ether oxygens (including phenoxy) is 2. The van der Waals surface area contributed by atoms with Crippen molar-refractivity contribution in [2.24, 2.45) is 0 Å². The summed E-state index contributed by atoms with van der Waals surface area (Å²) >= 11 is 0. The van der Waals surface area contributed by atoms with Crippen LogP contribution in [0.3, 0.4) is 0 Å². The summed E-state index contributed by atoms with van der Waals surface area (Å²) in [4.78, 5) is 2.17. The van der Waals surface area contributed by atoms with Gasteiger partial charge in [0, 0.05) is 19.6 Å². The Balaban J connectivity index is 2.68. The topological polar surface area (TPSA) is 41.9 Å². The molecule has 1 unspecified atom stereocenters. The highest BCUT2D eigenvalue weighted by Crippen LogP contribution is 2.30. The van der Waals surface area contributed by atoms with Crippen LogP contribution in [0, 0.1) is 0 Å². The Morgan fingerprint density at radius 1 is 1.14 bits per heavy atom. The van der Waals surface area contributed by atoms with E-state index in [0.717, 1.165) is 25.2 Å². The van der Waals surface area contributed by atoms with E-state index in [4.69, 9.17) is 9.47 Å². The fourth-order valence-corrected chi connectivity index (χ4v) is 2.15. The normalized spacial score (nSPS) is 12.0. The second-order valence-corrected chi connectivity index (χ2v) is 4.76. The van der Waals surface area contributed by atoms with Crippen LogP contribution in [-0.2, 0) is 0 Å². The van der Waals surface area contributed by atoms with Crippen molar-refractivity contribution in [1.82, 2.24) is 4.90 Å². The second kappa shape index (κ2) is 9.21. The van der Waals surface area contributed by atoms with E-state index in [2.05, 4.69) is 18.1 Å². The van der Waals surface area contributed by atoms with Gasteiger partial charge >= 0.3 is 0 Å². The molecule has 0 spiro atoms. The molecule has 0 saturated carbocycles. The summed E-state index contributed by atoms with van der Waals surface area (Å²) in [5, 5.41) is 10.3. The molecule has 116 valence electrons. The van der Waals surface area contributed by atoms with Gasteiger partial charge < -0.3 is 14.6 Å². The Kier molecular flexibility index (Phi) is 7.58. The summed E-state index contributed by atoms with van der Waals surface area (Å²) < 4.78 is 10.5. The van der Waals surface area contributed by atoms with Gasteiger partial charge in [-0.15, -0.1) is 13.2 Å². The SMILES string of the molecule is C=CCN(CC=C)CCC(O)c1ccc(OC)c(OC)c1. The van der Waals surface area contributed by atoms with Crippen molar-refractivity contribution >= 4 is 0 Å². The summed E-state index contributed by atoms with van der Waals surface area (Å²) in [6.45, 7) is 9.82. The van der Waals surface area contributed by atoms with Gasteiger partial charge in [-0.25, -0.2) is 0 Å². The van der Waals surface area contributed by atoms with E-state index in [1.807, 2.05) is 30.4 Å². The summed E-state index contributed by atoms with van der Waals surface area (Å²) in [5.74, 6) is 1.29. The maximum atomic E-state index is 10.3. The van der Waals surface area contributed by atoms with Crippen molar-refractivity contribution in [2.75, 3.05) is 33.9 Å². The van der Waals surface area contributed by atoms with Gasteiger partial charge in [-0.1, -0.05) is 18.2 Å². The summed E-state index contributed by atoms with van der Waals surface area (Å²) in [5.41, 5.74) is 0.824. The van der Waals surface area contributed by atoms with Gasteiger partial charge in [-0.2, -0.15) is 0 Å². The fourth-order valence-electron chi connectivity index (χ4n) is 2.15. The highest BCUT2D eigenvalue weighted by molar-refractivity contribution is 5.43. The standard InChI is InChI=1S/C17H25NO3/c1-5-10-18(11-6-2)12-9-15(19)14-7-8-16(20-3)17(13-14)21-4/h5-8,13,15,19H,1-2,9-12H2,3-4H3. The molecule has 1 atom stereocenters. The first-order valence-electron chi connectivity index (χ1n) is 7.00. The molecule has 0 heterocycles. The number of hydrogen-bond acceptors (Lipinski definition) is 4. The summed E-state index contributed by atoms with van der Waals surface area (Å²) in [6.07, 6.45) is 3.80. The summed E-state index contributed by atoms with van der Waals surface area (Å²) in [7, 11) is 3.18. The number of methoxy groups -OCH3 is 2. The van der Waals surface area contributed by atoms with Crippen LogP contribution in [0.4, 0.5) is 0 Å². The van der Waals surface area contributed by atoms with Crippen molar-refractivity contribution in [3.8, 4) is 11.5 Å². The lowest BCUT2D eigenvalue weighted by atomic mass is 10.1. The molecule has 4 heteroatoms. The highest BCUT2D eigenvalue weighted by Gasteiger charge is 2.13. The van der Waals surface area contributed by atoms with Crippen molar-refractivity contribution in [3.05, 3.63) is 49.1 Å². The van der Waals surface area contributed by atoms with Gasteiger partial charge in [-0.3, -0.25) is 4.90 Å². The van der Waals surface area contributed by atoms with Crippen molar-refractivity contribution in [1.29, 1.82) is 0 Å². The van der Waals surface area contributed by atoms with E-state index in [0.29, 0.717) is 17.9 Å². The quantitative estimate of drug-likeness (QED) is 0.673. The number of aliphatic hydroxyl groups is 1. The number of benzene rings is 1. The van der Waals surface area contributed by atoms with Gasteiger partial charge in [0.1, 0.15) is 0 Å². The van der Waals surface area contributed by atoms with Crippen LogP contribution < -0.4 is 9.47 Å². The largest absolute Gasteiger partial charge is 0.493 e. The number of nitrogens with zero attached hydrogens (tertiary/aromatic N) is 1. The predicted molar refractivity (Wildman–Crippen MR) is 86.0 cm³/mol. The van der Waals surface area contributed by atoms with Crippen molar-refractivity contribution < 1.29 is 14.6 Å². The number of aliphatic hydroxyl groups excluding tert-OH is 1. The maximum absolute atomic E-state index is 10.3. The molecule has 0 radical (unpaired) electrons. The Labute approximate surface area is 127 Å². The van der Waals surface area contributed by atoms with E-state index in [9.17, 15) is 5.11 Å². The number of rotatable bonds is 10. The lowest BCUT2D eigenvalue weighted by Crippen LogP contribution is -2.26. The Morgan fingerprint density at radius 3 is 2.29 bits per heavy atom. The lowest BCUT2D eigenvalue weighted by molar-refractivity contribution is 0.148. The highest BCUT2D eigenvalue weighted by atomic mass is 16.5. The van der Waals surface area contributed by atoms with Gasteiger partial charge in [-0.05, 0) is 24.1 Å². The molecular formula is C17H25NO3. The van der Waals surface area contributed by atoms with Crippen LogP contribution in [0.5, 0.6) is 11.5 Å². The molecule has 4 nitrogen and oxygen atoms in total. The zero-order chi connectivity index (χ0) is 15.7. The van der Waals surface area contributed by atoms with E-state index >= 15 is 0 Å². The fraction of sp³-hybridized carbons (Fsp3) is 0.412. The van der Waals surface area contributed by atoms with Gasteiger partial charge in [0.05, 0.1) is 20.3 Å². The lowest BCUT2D eigenvalue weighted by Gasteiger charge is -2.21. The third-order valence-electron chi connectivity index (χ3n) is 3.29. The predicted octanol–water partition coefficient (Wildman–Crippen LogP) is 2.80. The van der Waals surface area contributed by atoms with E-state index in [1.165, 1.54) is 0 Å². The molecular weight excluding hydrogens is 266 g/mol. The smallest absolute Gasteiger partial charge is 0.161 e. The molecule has 1 aromatic rings. The molecule has 0 saturated heterocycles. The minimum atomic E-state index is -0.540. The molecule has 0 aliphatic rings. The second-order valence-electron chi connectivity index (χ2n) is 4.76. The Hall–Kier alpha value is -1.78. The third-order valence-corrected chi connectivity index (χ3v) is 3.29. The van der Waals surface area contributed by atoms with Crippen LogP contribution in [0.2, 0.25) is 0 Å². The molecule has 1 rings (SSSR count). The van der Waals surface area contributed by atoms with Crippen LogP contribution >= 0.6 is 0 Å². The zero-order valence-corrected chi connectivity index (χ0v) is 12.9. The van der Waals surface area contributed by atoms with Gasteiger partial charge in [0.2, 0.25) is 0 Å². The summed E-state index contributed by atoms with van der Waals surface area (Å²) in [6, 6.07) is 5.48. The molecule has 1 aromatic carbocycles. The average Bonchev–Trinajstić information content (AvgIpc) is 2.52. The van der Waals surface area contributed by atoms with Gasteiger partial charge in [0.25, 0.3) is 0 Å². The average molecular weight is 291 g/mol. The molecule has 21 heavy (non-hydrogen) atoms. The van der Waals surface area contributed by atoms with E-state index in [1.54, 1.807) is 14.2 Å². The van der Waals surface area contributed by atoms with Crippen LogP contribution in [0.15, 0.2) is 43.5 Å². The molecule has 1 N–H and O–H groups in total. The van der Waals surface area contributed by atoms with Crippen LogP contribution in [0.25, 0.3) is 0 Å². The first kappa shape index (κ1) is 17.3. The maximum Gasteiger partial charge on any atom is 0.161 e. The number of hydrogen-bond donors (Lipinski definition) is 1. The molecule has 0 aliphatic carbocycles. The van der Waals surface area contributed by atoms with Crippen molar-refractivity contribution in [2.45, 2.75) is 12.5 Å². The van der Waals surface area contributed by atoms with Gasteiger partial charge in [0.15, 0.2) is 11.5 Å². The first-order valence-corrected chi connectivity index (χ1v) is 7.00. The third kappa shape index (κ3) is 5.25. The first-order chi connectivity index (χ1) is 10.2. The monoisotopic (exact) mass is 291 g/mol. The van der Waals surface area contributed by atoms with Crippen LogP contribution in [0.1, 0.15) is 18.1 Å². The molecule has 0 bridgehead atoms. The molecule has 0 aromatic heterocycles. The molecule has 0 aliphatic heterocycles. The Morgan fingerprint density at radius 2 is 1.76 bits per heavy atom.